The molecule has 0 bridgehead atoms. The Morgan fingerprint density at radius 3 is 2.69 bits per heavy atom. The summed E-state index contributed by atoms with van der Waals surface area (Å²) < 4.78 is 0. The maximum absolute atomic E-state index is 11.5. The Morgan fingerprint density at radius 2 is 2.12 bits per heavy atom. The van der Waals surface area contributed by atoms with Gasteiger partial charge in [0.05, 0.1) is 0 Å². The number of carbonyl (C=O) groups is 2. The van der Waals surface area contributed by atoms with Crippen LogP contribution >= 0.6 is 11.8 Å². The Hall–Kier alpha value is -0.910. The van der Waals surface area contributed by atoms with E-state index in [1.807, 2.05) is 6.26 Å². The van der Waals surface area contributed by atoms with Gasteiger partial charge in [0.15, 0.2) is 0 Å². The molecule has 1 saturated carbocycles. The summed E-state index contributed by atoms with van der Waals surface area (Å²) >= 11 is 1.75. The summed E-state index contributed by atoms with van der Waals surface area (Å²) in [6.07, 6.45) is 5.23. The summed E-state index contributed by atoms with van der Waals surface area (Å²) in [4.78, 5) is 22.0. The molecule has 92 valence electrons. The maximum Gasteiger partial charge on any atom is 0.325 e. The van der Waals surface area contributed by atoms with Crippen LogP contribution in [0, 0.1) is 0 Å². The van der Waals surface area contributed by atoms with Crippen molar-refractivity contribution in [3.8, 4) is 0 Å². The van der Waals surface area contributed by atoms with Crippen molar-refractivity contribution in [2.24, 2.45) is 0 Å². The summed E-state index contributed by atoms with van der Waals surface area (Å²) in [7, 11) is 0. The van der Waals surface area contributed by atoms with E-state index in [-0.39, 0.29) is 12.1 Å². The molecule has 0 spiro atoms. The Labute approximate surface area is 99.4 Å². The van der Waals surface area contributed by atoms with Crippen molar-refractivity contribution < 1.29 is 14.7 Å². The van der Waals surface area contributed by atoms with Gasteiger partial charge >= 0.3 is 12.0 Å². The van der Waals surface area contributed by atoms with Gasteiger partial charge in [-0.15, -0.1) is 0 Å². The van der Waals surface area contributed by atoms with Crippen LogP contribution in [0.2, 0.25) is 0 Å². The zero-order chi connectivity index (χ0) is 12.1. The number of rotatable bonds is 4. The summed E-state index contributed by atoms with van der Waals surface area (Å²) in [6.45, 7) is 1.45. The molecule has 3 atom stereocenters. The van der Waals surface area contributed by atoms with Crippen LogP contribution in [-0.4, -0.2) is 40.7 Å². The van der Waals surface area contributed by atoms with Crippen molar-refractivity contribution in [1.29, 1.82) is 0 Å². The smallest absolute Gasteiger partial charge is 0.325 e. The molecule has 0 aromatic heterocycles. The second-order valence-electron chi connectivity index (χ2n) is 3.99. The highest BCUT2D eigenvalue weighted by molar-refractivity contribution is 7.99. The molecule has 0 aromatic rings. The van der Waals surface area contributed by atoms with Crippen molar-refractivity contribution >= 4 is 23.8 Å². The lowest BCUT2D eigenvalue weighted by Gasteiger charge is -2.20. The van der Waals surface area contributed by atoms with Crippen LogP contribution in [0.1, 0.15) is 26.2 Å². The second-order valence-corrected chi connectivity index (χ2v) is 5.07. The molecule has 5 nitrogen and oxygen atoms in total. The zero-order valence-corrected chi connectivity index (χ0v) is 10.3. The summed E-state index contributed by atoms with van der Waals surface area (Å²) in [5.74, 6) is -1.03. The minimum Gasteiger partial charge on any atom is -0.480 e. The fraction of sp³-hybridized carbons (Fsp3) is 0.800. The van der Waals surface area contributed by atoms with E-state index in [1.54, 1.807) is 11.8 Å². The van der Waals surface area contributed by atoms with E-state index in [1.165, 1.54) is 6.92 Å². The van der Waals surface area contributed by atoms with Crippen molar-refractivity contribution in [2.45, 2.75) is 43.5 Å². The minimum absolute atomic E-state index is 0.163. The molecule has 2 unspecified atom stereocenters. The van der Waals surface area contributed by atoms with Crippen LogP contribution in [-0.2, 0) is 4.79 Å². The molecule has 3 N–H and O–H groups in total. The molecule has 0 saturated heterocycles. The zero-order valence-electron chi connectivity index (χ0n) is 9.53. The molecular weight excluding hydrogens is 228 g/mol. The predicted molar refractivity (Wildman–Crippen MR) is 63.7 cm³/mol. The third-order valence-electron chi connectivity index (χ3n) is 2.79. The lowest BCUT2D eigenvalue weighted by atomic mass is 10.2. The third-order valence-corrected chi connectivity index (χ3v) is 3.96. The van der Waals surface area contributed by atoms with Crippen LogP contribution in [0.15, 0.2) is 0 Å². The van der Waals surface area contributed by atoms with E-state index >= 15 is 0 Å². The van der Waals surface area contributed by atoms with Crippen molar-refractivity contribution in [3.63, 3.8) is 0 Å². The van der Waals surface area contributed by atoms with E-state index in [2.05, 4.69) is 10.6 Å². The highest BCUT2D eigenvalue weighted by Gasteiger charge is 2.28. The van der Waals surface area contributed by atoms with Crippen molar-refractivity contribution in [2.75, 3.05) is 6.26 Å². The van der Waals surface area contributed by atoms with Gasteiger partial charge < -0.3 is 15.7 Å². The van der Waals surface area contributed by atoms with Crippen LogP contribution in [0.4, 0.5) is 4.79 Å². The Kier molecular flexibility index (Phi) is 4.92. The standard InChI is InChI=1S/C10H18N2O3S/c1-6(9(13)14)11-10(15)12-7-4-3-5-8(7)16-2/h6-8H,3-5H2,1-2H3,(H,13,14)(H2,11,12,15)/t6-,7?,8?/m1/s1. The Balaban J connectivity index is 2.36. The fourth-order valence-electron chi connectivity index (χ4n) is 1.84. The Morgan fingerprint density at radius 1 is 1.44 bits per heavy atom. The second kappa shape index (κ2) is 5.98. The van der Waals surface area contributed by atoms with Crippen molar-refractivity contribution in [3.05, 3.63) is 0 Å². The maximum atomic E-state index is 11.5. The van der Waals surface area contributed by atoms with Crippen LogP contribution in [0.25, 0.3) is 0 Å². The highest BCUT2D eigenvalue weighted by Crippen LogP contribution is 2.28. The van der Waals surface area contributed by atoms with Gasteiger partial charge in [0.2, 0.25) is 0 Å². The number of nitrogens with one attached hydrogen (secondary N) is 2. The SMILES string of the molecule is CSC1CCCC1NC(=O)N[C@H](C)C(=O)O. The molecule has 0 aliphatic heterocycles. The number of hydrogen-bond donors (Lipinski definition) is 3. The molecule has 1 rings (SSSR count). The van der Waals surface area contributed by atoms with E-state index in [0.29, 0.717) is 5.25 Å². The first kappa shape index (κ1) is 13.2. The minimum atomic E-state index is -1.03. The molecule has 1 aliphatic rings. The van der Waals surface area contributed by atoms with Gasteiger partial charge in [0.1, 0.15) is 6.04 Å². The number of hydrogen-bond acceptors (Lipinski definition) is 3. The molecule has 6 heteroatoms. The topological polar surface area (TPSA) is 78.4 Å². The third kappa shape index (κ3) is 3.59. The highest BCUT2D eigenvalue weighted by atomic mass is 32.2. The Bertz CT molecular complexity index is 273. The van der Waals surface area contributed by atoms with Gasteiger partial charge in [-0.2, -0.15) is 11.8 Å². The lowest BCUT2D eigenvalue weighted by Crippen LogP contribution is -2.49. The van der Waals surface area contributed by atoms with Crippen molar-refractivity contribution in [1.82, 2.24) is 10.6 Å². The van der Waals surface area contributed by atoms with E-state index in [9.17, 15) is 9.59 Å². The number of urea groups is 1. The molecule has 0 heterocycles. The molecule has 0 radical (unpaired) electrons. The van der Waals surface area contributed by atoms with E-state index in [0.717, 1.165) is 19.3 Å². The number of thioether (sulfide) groups is 1. The van der Waals surface area contributed by atoms with Gasteiger partial charge in [-0.25, -0.2) is 4.79 Å². The van der Waals surface area contributed by atoms with Gasteiger partial charge in [-0.05, 0) is 26.0 Å². The molecule has 1 aliphatic carbocycles. The van der Waals surface area contributed by atoms with Gasteiger partial charge in [0.25, 0.3) is 0 Å². The number of carbonyl (C=O) groups excluding carboxylic acids is 1. The first-order valence-corrected chi connectivity index (χ1v) is 6.66. The van der Waals surface area contributed by atoms with E-state index in [4.69, 9.17) is 5.11 Å². The summed E-state index contributed by atoms with van der Waals surface area (Å²) in [5.41, 5.74) is 0. The summed E-state index contributed by atoms with van der Waals surface area (Å²) in [6, 6.07) is -1.08. The molecule has 1 fully saturated rings. The first-order chi connectivity index (χ1) is 7.54. The normalized spacial score (nSPS) is 26.1. The van der Waals surface area contributed by atoms with E-state index < -0.39 is 12.0 Å². The summed E-state index contributed by atoms with van der Waals surface area (Å²) in [5, 5.41) is 14.3. The molecular formula is C10H18N2O3S. The monoisotopic (exact) mass is 246 g/mol. The largest absolute Gasteiger partial charge is 0.480 e. The average molecular weight is 246 g/mol. The quantitative estimate of drug-likeness (QED) is 0.692. The first-order valence-electron chi connectivity index (χ1n) is 5.37. The van der Waals surface area contributed by atoms with Crippen LogP contribution in [0.3, 0.4) is 0 Å². The van der Waals surface area contributed by atoms with Gasteiger partial charge in [-0.1, -0.05) is 6.42 Å². The fourth-order valence-corrected chi connectivity index (χ4v) is 2.78. The molecule has 2 amide bonds. The molecule has 16 heavy (non-hydrogen) atoms. The predicted octanol–water partition coefficient (Wildman–Crippen LogP) is 1.04. The van der Waals surface area contributed by atoms with Gasteiger partial charge in [0, 0.05) is 11.3 Å². The number of aliphatic carboxylic acids is 1. The van der Waals surface area contributed by atoms with Crippen LogP contribution < -0.4 is 10.6 Å². The molecule has 0 aromatic carbocycles. The number of carboxylic acids is 1. The lowest BCUT2D eigenvalue weighted by molar-refractivity contribution is -0.138. The number of amides is 2. The number of carboxylic acid groups (broad SMARTS) is 1. The van der Waals surface area contributed by atoms with Crippen LogP contribution in [0.5, 0.6) is 0 Å². The average Bonchev–Trinajstić information content (AvgIpc) is 2.64. The van der Waals surface area contributed by atoms with Gasteiger partial charge in [-0.3, -0.25) is 4.79 Å².